The van der Waals surface area contributed by atoms with E-state index in [2.05, 4.69) is 32.3 Å². The summed E-state index contributed by atoms with van der Waals surface area (Å²) < 4.78 is 6.11. The lowest BCUT2D eigenvalue weighted by molar-refractivity contribution is -0.146. The van der Waals surface area contributed by atoms with E-state index in [-0.39, 0.29) is 18.0 Å². The number of carbonyl (C=O) groups excluding carboxylic acids is 1. The predicted molar refractivity (Wildman–Crippen MR) is 162 cm³/mol. The molecule has 1 saturated heterocycles. The monoisotopic (exact) mass is 529 g/mol. The van der Waals surface area contributed by atoms with Crippen LogP contribution in [0.5, 0.6) is 0 Å². The fraction of sp³-hybridized carbons (Fsp3) is 0.914. The first kappa shape index (κ1) is 31.7. The van der Waals surface area contributed by atoms with Crippen molar-refractivity contribution in [1.82, 2.24) is 4.90 Å². The van der Waals surface area contributed by atoms with Crippen molar-refractivity contribution < 1.29 is 9.53 Å². The Morgan fingerprint density at radius 3 is 1.92 bits per heavy atom. The summed E-state index contributed by atoms with van der Waals surface area (Å²) in [6, 6.07) is 0. The van der Waals surface area contributed by atoms with Gasteiger partial charge in [-0.15, -0.1) is 0 Å². The van der Waals surface area contributed by atoms with Gasteiger partial charge in [0.25, 0.3) is 0 Å². The number of esters is 1. The highest BCUT2D eigenvalue weighted by Gasteiger charge is 2.55. The number of nitrogens with zero attached hydrogens (tertiary/aromatic N) is 1. The van der Waals surface area contributed by atoms with Crippen molar-refractivity contribution in [3.63, 3.8) is 0 Å². The maximum atomic E-state index is 13.2. The molecule has 2 aliphatic carbocycles. The van der Waals surface area contributed by atoms with Crippen LogP contribution in [0.15, 0.2) is 12.2 Å². The van der Waals surface area contributed by atoms with Gasteiger partial charge in [-0.25, -0.2) is 0 Å². The Hall–Kier alpha value is -0.830. The summed E-state index contributed by atoms with van der Waals surface area (Å²) in [5, 5.41) is 0. The first-order valence-electron chi connectivity index (χ1n) is 17.1. The van der Waals surface area contributed by atoms with Gasteiger partial charge in [-0.1, -0.05) is 123 Å². The van der Waals surface area contributed by atoms with Gasteiger partial charge >= 0.3 is 5.97 Å². The molecule has 0 radical (unpaired) electrons. The lowest BCUT2D eigenvalue weighted by Gasteiger charge is -2.50. The second-order valence-electron chi connectivity index (χ2n) is 13.7. The lowest BCUT2D eigenvalue weighted by atomic mass is 9.55. The molecule has 0 bridgehead atoms. The average molecular weight is 530 g/mol. The molecule has 0 aromatic heterocycles. The average Bonchev–Trinajstić information content (AvgIpc) is 3.18. The van der Waals surface area contributed by atoms with Crippen LogP contribution < -0.4 is 0 Å². The third-order valence-electron chi connectivity index (χ3n) is 10.4. The minimum absolute atomic E-state index is 0.0716. The molecule has 5 atom stereocenters. The second-order valence-corrected chi connectivity index (χ2v) is 13.7. The summed E-state index contributed by atoms with van der Waals surface area (Å²) >= 11 is 0. The Morgan fingerprint density at radius 1 is 0.842 bits per heavy atom. The molecule has 3 heteroatoms. The molecule has 1 heterocycles. The van der Waals surface area contributed by atoms with Crippen LogP contribution in [0.1, 0.15) is 156 Å². The molecule has 220 valence electrons. The minimum Gasteiger partial charge on any atom is -0.462 e. The van der Waals surface area contributed by atoms with E-state index in [1.807, 2.05) is 0 Å². The molecule has 3 nitrogen and oxygen atoms in total. The maximum absolute atomic E-state index is 13.2. The number of allylic oxidation sites excluding steroid dienone is 1. The summed E-state index contributed by atoms with van der Waals surface area (Å²) in [6.07, 6.45) is 27.8. The van der Waals surface area contributed by atoms with Gasteiger partial charge in [0.15, 0.2) is 0 Å². The van der Waals surface area contributed by atoms with Gasteiger partial charge < -0.3 is 9.64 Å². The SMILES string of the molecule is C=C1CCC[C@]2(C)C[C@H]3OC(=O)[C@@H](CN(CCCCCCCCCC)CCCCCCCCCC)[C@H]3C[C@@H]12. The largest absolute Gasteiger partial charge is 0.462 e. The Labute approximate surface area is 236 Å². The summed E-state index contributed by atoms with van der Waals surface area (Å²) in [5.74, 6) is 1.16. The summed E-state index contributed by atoms with van der Waals surface area (Å²) in [5.41, 5.74) is 1.74. The second kappa shape index (κ2) is 17.1. The fourth-order valence-electron chi connectivity index (χ4n) is 7.98. The predicted octanol–water partition coefficient (Wildman–Crippen LogP) is 9.88. The standard InChI is InChI=1S/C35H63NO2/c1-5-7-9-11-13-15-17-19-24-36(25-20-18-16-14-12-10-8-6-2)28-31-30-26-32-29(3)22-21-23-35(32,4)27-33(30)38-34(31)37/h30-33H,3,5-28H2,1-2,4H3/t30-,31+,32+,33-,35-/m1/s1. The summed E-state index contributed by atoms with van der Waals surface area (Å²) in [6.45, 7) is 14.7. The third-order valence-corrected chi connectivity index (χ3v) is 10.4. The van der Waals surface area contributed by atoms with Crippen LogP contribution in [0.4, 0.5) is 0 Å². The fourth-order valence-corrected chi connectivity index (χ4v) is 7.98. The number of unbranched alkanes of at least 4 members (excludes halogenated alkanes) is 14. The van der Waals surface area contributed by atoms with E-state index in [1.165, 1.54) is 128 Å². The molecule has 2 saturated carbocycles. The van der Waals surface area contributed by atoms with E-state index in [9.17, 15) is 4.79 Å². The van der Waals surface area contributed by atoms with Gasteiger partial charge in [0, 0.05) is 12.5 Å². The molecule has 3 fully saturated rings. The third kappa shape index (κ3) is 9.67. The molecule has 0 spiro atoms. The Kier molecular flexibility index (Phi) is 14.3. The molecule has 1 aliphatic heterocycles. The van der Waals surface area contributed by atoms with Crippen molar-refractivity contribution in [2.75, 3.05) is 19.6 Å². The van der Waals surface area contributed by atoms with Gasteiger partial charge in [-0.3, -0.25) is 4.79 Å². The lowest BCUT2D eigenvalue weighted by Crippen LogP contribution is -2.45. The molecule has 3 aliphatic rings. The van der Waals surface area contributed by atoms with Gasteiger partial charge in [-0.05, 0) is 69.4 Å². The van der Waals surface area contributed by atoms with Crippen LogP contribution in [0.2, 0.25) is 0 Å². The number of carbonyl (C=O) groups is 1. The molecule has 0 amide bonds. The van der Waals surface area contributed by atoms with Crippen LogP contribution >= 0.6 is 0 Å². The van der Waals surface area contributed by atoms with Crippen molar-refractivity contribution in [2.24, 2.45) is 23.2 Å². The van der Waals surface area contributed by atoms with Gasteiger partial charge in [0.05, 0.1) is 5.92 Å². The smallest absolute Gasteiger partial charge is 0.310 e. The molecule has 38 heavy (non-hydrogen) atoms. The first-order chi connectivity index (χ1) is 18.5. The van der Waals surface area contributed by atoms with E-state index in [0.717, 1.165) is 32.5 Å². The molecular formula is C35H63NO2. The summed E-state index contributed by atoms with van der Waals surface area (Å²) in [4.78, 5) is 15.9. The summed E-state index contributed by atoms with van der Waals surface area (Å²) in [7, 11) is 0. The van der Waals surface area contributed by atoms with Crippen molar-refractivity contribution in [3.8, 4) is 0 Å². The highest BCUT2D eigenvalue weighted by Crippen LogP contribution is 2.56. The van der Waals surface area contributed by atoms with Crippen LogP contribution in [0.3, 0.4) is 0 Å². The van der Waals surface area contributed by atoms with Gasteiger partial charge in [0.2, 0.25) is 0 Å². The zero-order valence-electron chi connectivity index (χ0n) is 25.8. The van der Waals surface area contributed by atoms with Crippen molar-refractivity contribution in [2.45, 2.75) is 162 Å². The van der Waals surface area contributed by atoms with Crippen LogP contribution in [0.25, 0.3) is 0 Å². The highest BCUT2D eigenvalue weighted by atomic mass is 16.6. The normalized spacial score (nSPS) is 28.9. The number of rotatable bonds is 20. The number of hydrogen-bond donors (Lipinski definition) is 0. The zero-order valence-corrected chi connectivity index (χ0v) is 25.8. The van der Waals surface area contributed by atoms with Gasteiger partial charge in [0.1, 0.15) is 6.10 Å². The quantitative estimate of drug-likeness (QED) is 0.0892. The molecular weight excluding hydrogens is 466 g/mol. The van der Waals surface area contributed by atoms with E-state index in [1.54, 1.807) is 0 Å². The zero-order chi connectivity index (χ0) is 27.2. The van der Waals surface area contributed by atoms with E-state index in [0.29, 0.717) is 17.3 Å². The molecule has 0 unspecified atom stereocenters. The molecule has 0 N–H and O–H groups in total. The first-order valence-corrected chi connectivity index (χ1v) is 17.1. The molecule has 0 aromatic rings. The van der Waals surface area contributed by atoms with Crippen LogP contribution in [-0.4, -0.2) is 36.6 Å². The maximum Gasteiger partial charge on any atom is 0.310 e. The molecule has 3 rings (SSSR count). The number of fused-ring (bicyclic) bond motifs is 2. The molecule has 0 aromatic carbocycles. The van der Waals surface area contributed by atoms with Crippen LogP contribution in [0, 0.1) is 23.2 Å². The van der Waals surface area contributed by atoms with Crippen molar-refractivity contribution in [1.29, 1.82) is 0 Å². The van der Waals surface area contributed by atoms with E-state index < -0.39 is 0 Å². The highest BCUT2D eigenvalue weighted by molar-refractivity contribution is 5.75. The Morgan fingerprint density at radius 2 is 1.37 bits per heavy atom. The minimum atomic E-state index is 0.0716. The topological polar surface area (TPSA) is 29.5 Å². The number of ether oxygens (including phenoxy) is 1. The van der Waals surface area contributed by atoms with E-state index in [4.69, 9.17) is 4.74 Å². The van der Waals surface area contributed by atoms with Crippen molar-refractivity contribution in [3.05, 3.63) is 12.2 Å². The Bertz CT molecular complexity index is 669. The van der Waals surface area contributed by atoms with Crippen molar-refractivity contribution >= 4 is 5.97 Å². The van der Waals surface area contributed by atoms with E-state index >= 15 is 0 Å². The van der Waals surface area contributed by atoms with Crippen LogP contribution in [-0.2, 0) is 9.53 Å². The number of hydrogen-bond acceptors (Lipinski definition) is 3. The Balaban J connectivity index is 1.49. The van der Waals surface area contributed by atoms with Gasteiger partial charge in [-0.2, -0.15) is 0 Å².